The molecule has 1 spiro atoms. The van der Waals surface area contributed by atoms with Crippen molar-refractivity contribution in [2.45, 2.75) is 18.8 Å². The van der Waals surface area contributed by atoms with Gasteiger partial charge in [0.15, 0.2) is 11.5 Å². The number of allylic oxidation sites excluding steroid dienone is 2. The van der Waals surface area contributed by atoms with Crippen molar-refractivity contribution in [3.63, 3.8) is 0 Å². The zero-order valence-electron chi connectivity index (χ0n) is 18.6. The Bertz CT molecular complexity index is 1420. The number of likely N-dealkylation sites (tertiary alicyclic amines) is 1. The molecule has 0 bridgehead atoms. The second kappa shape index (κ2) is 6.57. The van der Waals surface area contributed by atoms with Crippen molar-refractivity contribution >= 4 is 34.2 Å². The van der Waals surface area contributed by atoms with Crippen LogP contribution in [0.15, 0.2) is 23.9 Å². The van der Waals surface area contributed by atoms with E-state index in [1.807, 2.05) is 6.92 Å². The first-order chi connectivity index (χ1) is 15.8. The number of aromatic amines is 2. The minimum atomic E-state index is -0.364. The van der Waals surface area contributed by atoms with E-state index in [0.717, 1.165) is 28.8 Å². The highest BCUT2D eigenvalue weighted by molar-refractivity contribution is 6.33. The van der Waals surface area contributed by atoms with Crippen molar-refractivity contribution in [3.05, 3.63) is 51.6 Å². The number of aromatic nitrogens is 2. The summed E-state index contributed by atoms with van der Waals surface area (Å²) < 4.78 is 16.4. The number of ether oxygens (including phenoxy) is 3. The van der Waals surface area contributed by atoms with Gasteiger partial charge in [0, 0.05) is 40.4 Å². The Labute approximate surface area is 194 Å². The van der Waals surface area contributed by atoms with E-state index in [-0.39, 0.29) is 23.0 Å². The first-order valence-corrected chi connectivity index (χ1v) is 11.0. The van der Waals surface area contributed by atoms with Crippen molar-refractivity contribution in [1.82, 2.24) is 14.9 Å². The van der Waals surface area contributed by atoms with E-state index in [9.17, 15) is 9.59 Å². The molecule has 1 saturated heterocycles. The number of ketones is 1. The summed E-state index contributed by atoms with van der Waals surface area (Å²) in [6.45, 7) is 2.40. The van der Waals surface area contributed by atoms with Gasteiger partial charge in [-0.1, -0.05) is 11.6 Å². The normalized spacial score (nSPS) is 22.6. The number of nitrogens with one attached hydrogen (secondary N) is 2. The number of piperidine rings is 1. The molecular weight excluding hydrogens is 446 g/mol. The van der Waals surface area contributed by atoms with E-state index < -0.39 is 0 Å². The van der Waals surface area contributed by atoms with Gasteiger partial charge in [0.05, 0.1) is 37.6 Å². The predicted octanol–water partition coefficient (Wildman–Crippen LogP) is 3.98. The van der Waals surface area contributed by atoms with Gasteiger partial charge in [0.2, 0.25) is 11.5 Å². The molecule has 3 heterocycles. The van der Waals surface area contributed by atoms with Crippen LogP contribution in [0, 0.1) is 12.8 Å². The van der Waals surface area contributed by atoms with Gasteiger partial charge >= 0.3 is 0 Å². The van der Waals surface area contributed by atoms with Gasteiger partial charge in [0.1, 0.15) is 5.69 Å². The van der Waals surface area contributed by atoms with Gasteiger partial charge in [0.25, 0.3) is 5.91 Å². The largest absolute Gasteiger partial charge is 0.493 e. The zero-order chi connectivity index (χ0) is 23.2. The van der Waals surface area contributed by atoms with Crippen molar-refractivity contribution in [3.8, 4) is 17.2 Å². The smallest absolute Gasteiger partial charge is 0.274 e. The first kappa shape index (κ1) is 20.2. The number of halogens is 1. The molecular formula is C24H22ClN3O5. The topological polar surface area (TPSA) is 96.7 Å². The third-order valence-corrected chi connectivity index (χ3v) is 7.70. The van der Waals surface area contributed by atoms with Gasteiger partial charge in [-0.05, 0) is 31.4 Å². The van der Waals surface area contributed by atoms with Gasteiger partial charge in [-0.3, -0.25) is 9.59 Å². The van der Waals surface area contributed by atoms with E-state index in [4.69, 9.17) is 25.8 Å². The number of aryl methyl sites for hydroxylation is 1. The number of benzene rings is 1. The van der Waals surface area contributed by atoms with Crippen molar-refractivity contribution < 1.29 is 23.8 Å². The molecule has 2 atom stereocenters. The van der Waals surface area contributed by atoms with Crippen LogP contribution in [0.4, 0.5) is 0 Å². The molecule has 170 valence electrons. The van der Waals surface area contributed by atoms with E-state index in [2.05, 4.69) is 9.97 Å². The van der Waals surface area contributed by atoms with Crippen molar-refractivity contribution in [2.75, 3.05) is 27.9 Å². The number of rotatable bonds is 4. The Balaban J connectivity index is 1.43. The number of carbonyl (C=O) groups is 2. The lowest BCUT2D eigenvalue weighted by molar-refractivity contribution is 0.0806. The maximum absolute atomic E-state index is 13.7. The molecule has 1 aliphatic heterocycles. The maximum atomic E-state index is 13.7. The molecule has 2 N–H and O–H groups in total. The molecule has 3 aliphatic rings. The summed E-state index contributed by atoms with van der Waals surface area (Å²) in [5.74, 6) is 1.29. The lowest BCUT2D eigenvalue weighted by atomic mass is 9.85. The van der Waals surface area contributed by atoms with Crippen LogP contribution in [0.5, 0.6) is 17.2 Å². The average molecular weight is 468 g/mol. The van der Waals surface area contributed by atoms with Crippen LogP contribution in [0.25, 0.3) is 10.9 Å². The summed E-state index contributed by atoms with van der Waals surface area (Å²) in [4.78, 5) is 34.5. The predicted molar refractivity (Wildman–Crippen MR) is 122 cm³/mol. The van der Waals surface area contributed by atoms with E-state index in [0.29, 0.717) is 45.7 Å². The molecule has 3 aromatic rings. The van der Waals surface area contributed by atoms with E-state index in [1.165, 1.54) is 14.2 Å². The number of nitrogens with zero attached hydrogens (tertiary/aromatic N) is 1. The summed E-state index contributed by atoms with van der Waals surface area (Å²) in [5, 5.41) is 1.35. The lowest BCUT2D eigenvalue weighted by Gasteiger charge is -2.27. The molecule has 9 heteroatoms. The number of methoxy groups -OCH3 is 3. The van der Waals surface area contributed by atoms with Gasteiger partial charge in [-0.2, -0.15) is 0 Å². The fourth-order valence-corrected chi connectivity index (χ4v) is 5.97. The molecule has 0 radical (unpaired) electrons. The van der Waals surface area contributed by atoms with Crippen LogP contribution in [-0.4, -0.2) is 54.4 Å². The van der Waals surface area contributed by atoms with Gasteiger partial charge in [-0.25, -0.2) is 0 Å². The minimum Gasteiger partial charge on any atom is -0.493 e. The van der Waals surface area contributed by atoms with Crippen LogP contribution >= 0.6 is 11.6 Å². The SMILES string of the molecule is COc1cc2cc(C(=O)N3CC4CC45C3=CC(=O)c3[nH]c(C)c(Cl)c35)[nH]c2c(OC)c1OC. The molecule has 2 aliphatic carbocycles. The first-order valence-electron chi connectivity index (χ1n) is 10.6. The number of carbonyl (C=O) groups excluding carboxylic acids is 2. The van der Waals surface area contributed by atoms with Crippen LogP contribution in [0.3, 0.4) is 0 Å². The van der Waals surface area contributed by atoms with Crippen LogP contribution < -0.4 is 14.2 Å². The fourth-order valence-electron chi connectivity index (χ4n) is 5.66. The molecule has 1 saturated carbocycles. The van der Waals surface area contributed by atoms with E-state index in [1.54, 1.807) is 30.2 Å². The Morgan fingerprint density at radius 3 is 2.61 bits per heavy atom. The minimum absolute atomic E-state index is 0.154. The Morgan fingerprint density at radius 2 is 1.91 bits per heavy atom. The molecule has 1 amide bonds. The molecule has 6 rings (SSSR count). The van der Waals surface area contributed by atoms with Gasteiger partial charge < -0.3 is 29.1 Å². The molecule has 33 heavy (non-hydrogen) atoms. The van der Waals surface area contributed by atoms with Crippen LogP contribution in [0.1, 0.15) is 38.7 Å². The Morgan fingerprint density at radius 1 is 1.15 bits per heavy atom. The Hall–Kier alpha value is -3.39. The van der Waals surface area contributed by atoms with Crippen LogP contribution in [-0.2, 0) is 5.41 Å². The lowest BCUT2D eigenvalue weighted by Crippen LogP contribution is -2.33. The fraction of sp³-hybridized carbons (Fsp3) is 0.333. The second-order valence-electron chi connectivity index (χ2n) is 8.79. The summed E-state index contributed by atoms with van der Waals surface area (Å²) in [6.07, 6.45) is 2.48. The standard InChI is InChI=1S/C24H22ClN3O5/c1-10-18(25)17-20(26-10)14(29)7-16-24(17)8-12(24)9-28(16)23(30)13-5-11-6-15(31-2)21(32-3)22(33-4)19(11)27-13/h5-7,12,26-27H,8-9H2,1-4H3. The average Bonchev–Trinajstić information content (AvgIpc) is 3.07. The number of fused-ring (bicyclic) bond motifs is 2. The number of H-pyrrole nitrogens is 2. The highest BCUT2D eigenvalue weighted by atomic mass is 35.5. The highest BCUT2D eigenvalue weighted by Crippen LogP contribution is 2.68. The monoisotopic (exact) mass is 467 g/mol. The zero-order valence-corrected chi connectivity index (χ0v) is 19.3. The van der Waals surface area contributed by atoms with E-state index >= 15 is 0 Å². The maximum Gasteiger partial charge on any atom is 0.274 e. The quantitative estimate of drug-likeness (QED) is 0.605. The number of hydrogen-bond acceptors (Lipinski definition) is 5. The summed E-state index contributed by atoms with van der Waals surface area (Å²) >= 11 is 6.61. The van der Waals surface area contributed by atoms with Crippen molar-refractivity contribution in [1.29, 1.82) is 0 Å². The second-order valence-corrected chi connectivity index (χ2v) is 9.17. The van der Waals surface area contributed by atoms with Crippen molar-refractivity contribution in [2.24, 2.45) is 5.92 Å². The number of hydrogen-bond donors (Lipinski definition) is 2. The summed E-state index contributed by atoms with van der Waals surface area (Å²) in [5.41, 5.74) is 3.57. The molecule has 2 aromatic heterocycles. The highest BCUT2D eigenvalue weighted by Gasteiger charge is 2.68. The molecule has 8 nitrogen and oxygen atoms in total. The summed E-state index contributed by atoms with van der Waals surface area (Å²) in [7, 11) is 4.62. The summed E-state index contributed by atoms with van der Waals surface area (Å²) in [6, 6.07) is 3.56. The van der Waals surface area contributed by atoms with Gasteiger partial charge in [-0.15, -0.1) is 0 Å². The van der Waals surface area contributed by atoms with Crippen LogP contribution in [0.2, 0.25) is 5.02 Å². The molecule has 2 unspecified atom stereocenters. The third kappa shape index (κ3) is 2.41. The number of amides is 1. The third-order valence-electron chi connectivity index (χ3n) is 7.22. The Kier molecular flexibility index (Phi) is 4.03. The molecule has 1 aromatic carbocycles. The molecule has 2 fully saturated rings.